The van der Waals surface area contributed by atoms with Crippen molar-refractivity contribution in [1.82, 2.24) is 0 Å². The highest BCUT2D eigenvalue weighted by Crippen LogP contribution is 2.48. The maximum absolute atomic E-state index is 5.92. The summed E-state index contributed by atoms with van der Waals surface area (Å²) >= 11 is 5.92. The van der Waals surface area contributed by atoms with Crippen LogP contribution in [0.15, 0.2) is 24.3 Å². The van der Waals surface area contributed by atoms with Gasteiger partial charge in [0, 0.05) is 16.5 Å². The van der Waals surface area contributed by atoms with Crippen molar-refractivity contribution >= 4 is 11.6 Å². The van der Waals surface area contributed by atoms with E-state index in [1.807, 2.05) is 12.1 Å². The highest BCUT2D eigenvalue weighted by Gasteiger charge is 2.50. The monoisotopic (exact) mass is 237 g/mol. The molecule has 0 bridgehead atoms. The summed E-state index contributed by atoms with van der Waals surface area (Å²) < 4.78 is 5.44. The molecule has 3 heteroatoms. The Labute approximate surface area is 101 Å². The standard InChI is InChI=1S/C13H16ClNO/c14-11-3-1-9(2-4-11)13(7-16-8-13)10-5-12(15)6-10/h1-4,10,12H,5-8,15H2. The number of hydrogen-bond donors (Lipinski definition) is 1. The molecule has 16 heavy (non-hydrogen) atoms. The second-order valence-electron chi connectivity index (χ2n) is 5.08. The first-order valence-corrected chi connectivity index (χ1v) is 6.18. The Balaban J connectivity index is 1.87. The molecule has 1 aliphatic carbocycles. The number of ether oxygens (including phenoxy) is 1. The van der Waals surface area contributed by atoms with Crippen molar-refractivity contribution in [2.75, 3.05) is 13.2 Å². The molecule has 1 saturated heterocycles. The fourth-order valence-electron chi connectivity index (χ4n) is 2.85. The summed E-state index contributed by atoms with van der Waals surface area (Å²) in [7, 11) is 0. The third-order valence-electron chi connectivity index (χ3n) is 4.09. The summed E-state index contributed by atoms with van der Waals surface area (Å²) in [6, 6.07) is 8.60. The summed E-state index contributed by atoms with van der Waals surface area (Å²) in [5.74, 6) is 0.692. The first kappa shape index (κ1) is 10.6. The Morgan fingerprint density at radius 1 is 1.19 bits per heavy atom. The van der Waals surface area contributed by atoms with Crippen LogP contribution in [-0.2, 0) is 10.2 Å². The van der Waals surface area contributed by atoms with Crippen LogP contribution in [0.2, 0.25) is 5.02 Å². The highest BCUT2D eigenvalue weighted by atomic mass is 35.5. The lowest BCUT2D eigenvalue weighted by atomic mass is 9.59. The average molecular weight is 238 g/mol. The van der Waals surface area contributed by atoms with E-state index in [1.54, 1.807) is 0 Å². The first-order valence-electron chi connectivity index (χ1n) is 5.80. The second-order valence-corrected chi connectivity index (χ2v) is 5.52. The second kappa shape index (κ2) is 3.73. The highest BCUT2D eigenvalue weighted by molar-refractivity contribution is 6.30. The molecule has 0 atom stereocenters. The van der Waals surface area contributed by atoms with Gasteiger partial charge in [0.25, 0.3) is 0 Å². The van der Waals surface area contributed by atoms with Crippen LogP contribution in [0.25, 0.3) is 0 Å². The van der Waals surface area contributed by atoms with Crippen LogP contribution in [-0.4, -0.2) is 19.3 Å². The minimum Gasteiger partial charge on any atom is -0.379 e. The summed E-state index contributed by atoms with van der Waals surface area (Å²) in [5, 5.41) is 0.796. The molecule has 1 saturated carbocycles. The Hall–Kier alpha value is -0.570. The minimum absolute atomic E-state index is 0.223. The van der Waals surface area contributed by atoms with Gasteiger partial charge in [0.1, 0.15) is 0 Å². The molecule has 1 aromatic rings. The predicted molar refractivity (Wildman–Crippen MR) is 64.6 cm³/mol. The fraction of sp³-hybridized carbons (Fsp3) is 0.538. The van der Waals surface area contributed by atoms with Gasteiger partial charge in [-0.1, -0.05) is 23.7 Å². The van der Waals surface area contributed by atoms with E-state index in [-0.39, 0.29) is 5.41 Å². The third kappa shape index (κ3) is 1.48. The molecule has 0 amide bonds. The fourth-order valence-corrected chi connectivity index (χ4v) is 2.98. The molecular formula is C13H16ClNO. The van der Waals surface area contributed by atoms with Crippen molar-refractivity contribution in [2.24, 2.45) is 11.7 Å². The van der Waals surface area contributed by atoms with Gasteiger partial charge >= 0.3 is 0 Å². The van der Waals surface area contributed by atoms with Crippen molar-refractivity contribution < 1.29 is 4.74 Å². The van der Waals surface area contributed by atoms with E-state index in [0.29, 0.717) is 12.0 Å². The number of hydrogen-bond acceptors (Lipinski definition) is 2. The van der Waals surface area contributed by atoms with Crippen LogP contribution in [0, 0.1) is 5.92 Å². The van der Waals surface area contributed by atoms with Crippen molar-refractivity contribution in [1.29, 1.82) is 0 Å². The Kier molecular flexibility index (Phi) is 2.46. The molecule has 1 aliphatic heterocycles. The van der Waals surface area contributed by atoms with E-state index in [1.165, 1.54) is 5.56 Å². The molecule has 3 rings (SSSR count). The predicted octanol–water partition coefficient (Wildman–Crippen LogP) is 2.35. The van der Waals surface area contributed by atoms with Gasteiger partial charge in [-0.2, -0.15) is 0 Å². The zero-order valence-electron chi connectivity index (χ0n) is 9.16. The topological polar surface area (TPSA) is 35.2 Å². The Morgan fingerprint density at radius 2 is 1.81 bits per heavy atom. The van der Waals surface area contributed by atoms with Gasteiger partial charge in [0.2, 0.25) is 0 Å². The van der Waals surface area contributed by atoms with Crippen LogP contribution in [0.4, 0.5) is 0 Å². The van der Waals surface area contributed by atoms with Crippen molar-refractivity contribution in [3.8, 4) is 0 Å². The lowest BCUT2D eigenvalue weighted by Crippen LogP contribution is -2.58. The summed E-state index contributed by atoms with van der Waals surface area (Å²) in [6.07, 6.45) is 2.26. The smallest absolute Gasteiger partial charge is 0.0588 e. The van der Waals surface area contributed by atoms with Crippen LogP contribution in [0.1, 0.15) is 18.4 Å². The van der Waals surface area contributed by atoms with E-state index in [0.717, 1.165) is 31.1 Å². The number of rotatable bonds is 2. The molecule has 0 unspecified atom stereocenters. The molecule has 0 spiro atoms. The van der Waals surface area contributed by atoms with Gasteiger partial charge in [-0.3, -0.25) is 0 Å². The van der Waals surface area contributed by atoms with Gasteiger partial charge in [-0.25, -0.2) is 0 Å². The van der Waals surface area contributed by atoms with Crippen LogP contribution in [0.3, 0.4) is 0 Å². The van der Waals surface area contributed by atoms with E-state index in [2.05, 4.69) is 12.1 Å². The van der Waals surface area contributed by atoms with Crippen molar-refractivity contribution in [3.63, 3.8) is 0 Å². The number of halogens is 1. The van der Waals surface area contributed by atoms with Gasteiger partial charge in [0.05, 0.1) is 13.2 Å². The van der Waals surface area contributed by atoms with Crippen molar-refractivity contribution in [2.45, 2.75) is 24.3 Å². The first-order chi connectivity index (χ1) is 7.71. The van der Waals surface area contributed by atoms with Crippen LogP contribution < -0.4 is 5.73 Å². The average Bonchev–Trinajstić information content (AvgIpc) is 2.16. The zero-order chi connectivity index (χ0) is 11.2. The van der Waals surface area contributed by atoms with E-state index in [4.69, 9.17) is 22.1 Å². The van der Waals surface area contributed by atoms with Gasteiger partial charge < -0.3 is 10.5 Å². The third-order valence-corrected chi connectivity index (χ3v) is 4.35. The molecule has 1 heterocycles. The molecule has 0 radical (unpaired) electrons. The maximum Gasteiger partial charge on any atom is 0.0588 e. The minimum atomic E-state index is 0.223. The molecule has 2 fully saturated rings. The van der Waals surface area contributed by atoms with E-state index >= 15 is 0 Å². The van der Waals surface area contributed by atoms with Crippen LogP contribution in [0.5, 0.6) is 0 Å². The molecular weight excluding hydrogens is 222 g/mol. The Morgan fingerprint density at radius 3 is 2.25 bits per heavy atom. The molecule has 2 nitrogen and oxygen atoms in total. The Bertz CT molecular complexity index is 379. The molecule has 2 N–H and O–H groups in total. The largest absolute Gasteiger partial charge is 0.379 e. The van der Waals surface area contributed by atoms with Gasteiger partial charge in [-0.05, 0) is 36.5 Å². The van der Waals surface area contributed by atoms with E-state index < -0.39 is 0 Å². The molecule has 86 valence electrons. The quantitative estimate of drug-likeness (QED) is 0.857. The lowest BCUT2D eigenvalue weighted by Gasteiger charge is -2.53. The molecule has 1 aromatic carbocycles. The molecule has 0 aromatic heterocycles. The normalized spacial score (nSPS) is 31.6. The molecule has 2 aliphatic rings. The number of benzene rings is 1. The summed E-state index contributed by atoms with van der Waals surface area (Å²) in [6.45, 7) is 1.68. The summed E-state index contributed by atoms with van der Waals surface area (Å²) in [4.78, 5) is 0. The van der Waals surface area contributed by atoms with Crippen molar-refractivity contribution in [3.05, 3.63) is 34.9 Å². The maximum atomic E-state index is 5.92. The lowest BCUT2D eigenvalue weighted by molar-refractivity contribution is -0.111. The number of nitrogens with two attached hydrogens (primary N) is 1. The van der Waals surface area contributed by atoms with Gasteiger partial charge in [-0.15, -0.1) is 0 Å². The van der Waals surface area contributed by atoms with Crippen LogP contribution >= 0.6 is 11.6 Å². The van der Waals surface area contributed by atoms with E-state index in [9.17, 15) is 0 Å². The van der Waals surface area contributed by atoms with Gasteiger partial charge in [0.15, 0.2) is 0 Å². The summed E-state index contributed by atoms with van der Waals surface area (Å²) in [5.41, 5.74) is 7.47. The zero-order valence-corrected chi connectivity index (χ0v) is 9.91. The SMILES string of the molecule is NC1CC(C2(c3ccc(Cl)cc3)COC2)C1.